The minimum atomic E-state index is -0.631. The molecule has 2 rings (SSSR count). The molecule has 1 aliphatic carbocycles. The van der Waals surface area contributed by atoms with E-state index in [1.54, 1.807) is 30.1 Å². The van der Waals surface area contributed by atoms with Gasteiger partial charge >= 0.3 is 5.97 Å². The van der Waals surface area contributed by atoms with Crippen LogP contribution in [0.15, 0.2) is 18.2 Å². The van der Waals surface area contributed by atoms with Gasteiger partial charge < -0.3 is 19.1 Å². The SMILES string of the molecule is COc1cccc(OC)c1C(=O)OCC(=O)N(C)C1CCC(C)CC1. The van der Waals surface area contributed by atoms with Gasteiger partial charge in [-0.2, -0.15) is 0 Å². The summed E-state index contributed by atoms with van der Waals surface area (Å²) in [6, 6.07) is 5.24. The largest absolute Gasteiger partial charge is 0.496 e. The molecule has 0 saturated heterocycles. The molecule has 0 atom stereocenters. The van der Waals surface area contributed by atoms with E-state index < -0.39 is 5.97 Å². The summed E-state index contributed by atoms with van der Waals surface area (Å²) in [6.07, 6.45) is 4.25. The highest BCUT2D eigenvalue weighted by Crippen LogP contribution is 2.29. The van der Waals surface area contributed by atoms with Gasteiger partial charge in [-0.1, -0.05) is 13.0 Å². The number of methoxy groups -OCH3 is 2. The van der Waals surface area contributed by atoms with Crippen molar-refractivity contribution >= 4 is 11.9 Å². The molecule has 25 heavy (non-hydrogen) atoms. The van der Waals surface area contributed by atoms with Crippen LogP contribution >= 0.6 is 0 Å². The lowest BCUT2D eigenvalue weighted by molar-refractivity contribution is -0.136. The number of hydrogen-bond acceptors (Lipinski definition) is 5. The molecule has 1 aromatic rings. The summed E-state index contributed by atoms with van der Waals surface area (Å²) in [5.74, 6) is 0.600. The van der Waals surface area contributed by atoms with Crippen molar-refractivity contribution in [1.82, 2.24) is 4.90 Å². The molecule has 0 aliphatic heterocycles. The lowest BCUT2D eigenvalue weighted by Crippen LogP contribution is -2.41. The predicted molar refractivity (Wildman–Crippen MR) is 94.0 cm³/mol. The number of likely N-dealkylation sites (N-methyl/N-ethyl adjacent to an activating group) is 1. The molecule has 1 fully saturated rings. The fraction of sp³-hybridized carbons (Fsp3) is 0.579. The molecule has 0 unspecified atom stereocenters. The standard InChI is InChI=1S/C19H27NO5/c1-13-8-10-14(11-9-13)20(2)17(21)12-25-19(22)18-15(23-3)6-5-7-16(18)24-4/h5-7,13-14H,8-12H2,1-4H3. The van der Waals surface area contributed by atoms with Crippen LogP contribution in [0.1, 0.15) is 43.0 Å². The third-order valence-electron chi connectivity index (χ3n) is 4.89. The van der Waals surface area contributed by atoms with Crippen LogP contribution in [-0.2, 0) is 9.53 Å². The molecule has 0 spiro atoms. The summed E-state index contributed by atoms with van der Waals surface area (Å²) in [6.45, 7) is 1.95. The van der Waals surface area contributed by atoms with Crippen molar-refractivity contribution in [2.24, 2.45) is 5.92 Å². The first-order valence-corrected chi connectivity index (χ1v) is 8.61. The Bertz CT molecular complexity index is 586. The summed E-state index contributed by atoms with van der Waals surface area (Å²) < 4.78 is 15.6. The van der Waals surface area contributed by atoms with Crippen LogP contribution in [0.25, 0.3) is 0 Å². The fourth-order valence-corrected chi connectivity index (χ4v) is 3.19. The van der Waals surface area contributed by atoms with Crippen LogP contribution in [0.5, 0.6) is 11.5 Å². The highest BCUT2D eigenvalue weighted by atomic mass is 16.5. The normalized spacial score (nSPS) is 19.8. The smallest absolute Gasteiger partial charge is 0.346 e. The van der Waals surface area contributed by atoms with Crippen molar-refractivity contribution in [2.45, 2.75) is 38.6 Å². The summed E-state index contributed by atoms with van der Waals surface area (Å²) in [7, 11) is 4.71. The summed E-state index contributed by atoms with van der Waals surface area (Å²) in [5, 5.41) is 0. The molecule has 6 heteroatoms. The molecule has 0 radical (unpaired) electrons. The zero-order chi connectivity index (χ0) is 18.4. The van der Waals surface area contributed by atoms with Gasteiger partial charge in [0.15, 0.2) is 6.61 Å². The Balaban J connectivity index is 1.97. The molecule has 1 aliphatic rings. The van der Waals surface area contributed by atoms with Crippen LogP contribution in [0.4, 0.5) is 0 Å². The second-order valence-electron chi connectivity index (χ2n) is 6.53. The zero-order valence-corrected chi connectivity index (χ0v) is 15.4. The van der Waals surface area contributed by atoms with Crippen LogP contribution in [0.3, 0.4) is 0 Å². The Morgan fingerprint density at radius 2 is 1.64 bits per heavy atom. The first kappa shape index (κ1) is 19.1. The van der Waals surface area contributed by atoms with Crippen molar-refractivity contribution in [3.05, 3.63) is 23.8 Å². The van der Waals surface area contributed by atoms with E-state index in [0.29, 0.717) is 11.5 Å². The second kappa shape index (κ2) is 8.74. The van der Waals surface area contributed by atoms with Crippen molar-refractivity contribution in [3.8, 4) is 11.5 Å². The molecular weight excluding hydrogens is 322 g/mol. The summed E-state index contributed by atoms with van der Waals surface area (Å²) in [4.78, 5) is 26.5. The number of rotatable bonds is 6. The van der Waals surface area contributed by atoms with E-state index in [4.69, 9.17) is 14.2 Å². The van der Waals surface area contributed by atoms with E-state index in [2.05, 4.69) is 6.92 Å². The number of nitrogens with zero attached hydrogens (tertiary/aromatic N) is 1. The molecule has 1 aromatic carbocycles. The van der Waals surface area contributed by atoms with Gasteiger partial charge in [0.05, 0.1) is 14.2 Å². The van der Waals surface area contributed by atoms with E-state index in [1.165, 1.54) is 14.2 Å². The Labute approximate surface area is 149 Å². The van der Waals surface area contributed by atoms with Crippen LogP contribution in [0.2, 0.25) is 0 Å². The van der Waals surface area contributed by atoms with Crippen molar-refractivity contribution < 1.29 is 23.8 Å². The van der Waals surface area contributed by atoms with Gasteiger partial charge in [0, 0.05) is 13.1 Å². The van der Waals surface area contributed by atoms with Crippen LogP contribution in [-0.4, -0.2) is 50.7 Å². The van der Waals surface area contributed by atoms with Gasteiger partial charge in [-0.3, -0.25) is 4.79 Å². The van der Waals surface area contributed by atoms with Crippen molar-refractivity contribution in [1.29, 1.82) is 0 Å². The second-order valence-corrected chi connectivity index (χ2v) is 6.53. The maximum Gasteiger partial charge on any atom is 0.346 e. The van der Waals surface area contributed by atoms with Gasteiger partial charge in [0.25, 0.3) is 5.91 Å². The Morgan fingerprint density at radius 3 is 2.16 bits per heavy atom. The minimum absolute atomic E-state index is 0.189. The lowest BCUT2D eigenvalue weighted by atomic mass is 9.87. The highest BCUT2D eigenvalue weighted by molar-refractivity contribution is 5.96. The van der Waals surface area contributed by atoms with Crippen molar-refractivity contribution in [2.75, 3.05) is 27.9 Å². The Morgan fingerprint density at radius 1 is 1.08 bits per heavy atom. The number of esters is 1. The van der Waals surface area contributed by atoms with Gasteiger partial charge in [-0.25, -0.2) is 4.79 Å². The van der Waals surface area contributed by atoms with Gasteiger partial charge in [0.2, 0.25) is 0 Å². The fourth-order valence-electron chi connectivity index (χ4n) is 3.19. The van der Waals surface area contributed by atoms with Gasteiger partial charge in [-0.15, -0.1) is 0 Å². The monoisotopic (exact) mass is 349 g/mol. The number of carbonyl (C=O) groups is 2. The number of benzene rings is 1. The van der Waals surface area contributed by atoms with E-state index >= 15 is 0 Å². The molecule has 0 aromatic heterocycles. The molecule has 0 bridgehead atoms. The zero-order valence-electron chi connectivity index (χ0n) is 15.4. The molecular formula is C19H27NO5. The first-order chi connectivity index (χ1) is 12.0. The van der Waals surface area contributed by atoms with Gasteiger partial charge in [-0.05, 0) is 43.7 Å². The van der Waals surface area contributed by atoms with Crippen molar-refractivity contribution in [3.63, 3.8) is 0 Å². The van der Waals surface area contributed by atoms with Gasteiger partial charge in [0.1, 0.15) is 17.1 Å². The predicted octanol–water partition coefficient (Wildman–Crippen LogP) is 2.90. The molecule has 0 heterocycles. The number of hydrogen-bond donors (Lipinski definition) is 0. The van der Waals surface area contributed by atoms with E-state index in [9.17, 15) is 9.59 Å². The summed E-state index contributed by atoms with van der Waals surface area (Å²) >= 11 is 0. The number of carbonyl (C=O) groups excluding carboxylic acids is 2. The number of amides is 1. The minimum Gasteiger partial charge on any atom is -0.496 e. The Kier molecular flexibility index (Phi) is 6.67. The maximum atomic E-state index is 12.4. The molecule has 1 saturated carbocycles. The first-order valence-electron chi connectivity index (χ1n) is 8.61. The topological polar surface area (TPSA) is 65.1 Å². The highest BCUT2D eigenvalue weighted by Gasteiger charge is 2.26. The lowest BCUT2D eigenvalue weighted by Gasteiger charge is -2.33. The third-order valence-corrected chi connectivity index (χ3v) is 4.89. The molecule has 1 amide bonds. The van der Waals surface area contributed by atoms with Crippen LogP contribution in [0, 0.1) is 5.92 Å². The number of ether oxygens (including phenoxy) is 3. The molecule has 6 nitrogen and oxygen atoms in total. The third kappa shape index (κ3) is 4.65. The van der Waals surface area contributed by atoms with E-state index in [0.717, 1.165) is 31.6 Å². The Hall–Kier alpha value is -2.24. The van der Waals surface area contributed by atoms with E-state index in [-0.39, 0.29) is 24.1 Å². The maximum absolute atomic E-state index is 12.4. The van der Waals surface area contributed by atoms with E-state index in [1.807, 2.05) is 0 Å². The average molecular weight is 349 g/mol. The average Bonchev–Trinajstić information content (AvgIpc) is 2.64. The van der Waals surface area contributed by atoms with Crippen LogP contribution < -0.4 is 9.47 Å². The molecule has 138 valence electrons. The molecule has 0 N–H and O–H groups in total. The quantitative estimate of drug-likeness (QED) is 0.739. The summed E-state index contributed by atoms with van der Waals surface area (Å²) in [5.41, 5.74) is 0.189.